The molecular formula is C36H52O4. The van der Waals surface area contributed by atoms with Crippen LogP contribution in [0.1, 0.15) is 118 Å². The molecule has 5 aliphatic carbocycles. The number of ether oxygens (including phenoxy) is 2. The Balaban J connectivity index is 1.26. The number of carbonyl (C=O) groups is 2. The molecule has 0 unspecified atom stereocenters. The van der Waals surface area contributed by atoms with Gasteiger partial charge in [-0.25, -0.2) is 0 Å². The van der Waals surface area contributed by atoms with Crippen LogP contribution in [0.5, 0.6) is 0 Å². The summed E-state index contributed by atoms with van der Waals surface area (Å²) in [5, 5.41) is 0. The van der Waals surface area contributed by atoms with Crippen molar-refractivity contribution in [3.05, 3.63) is 35.9 Å². The molecule has 6 rings (SSSR count). The first-order valence-electron chi connectivity index (χ1n) is 16.3. The molecule has 0 amide bonds. The first-order valence-corrected chi connectivity index (χ1v) is 16.3. The molecule has 5 saturated carbocycles. The van der Waals surface area contributed by atoms with E-state index in [1.807, 2.05) is 18.2 Å². The van der Waals surface area contributed by atoms with Crippen molar-refractivity contribution >= 4 is 11.9 Å². The van der Waals surface area contributed by atoms with Crippen molar-refractivity contribution in [1.29, 1.82) is 0 Å². The van der Waals surface area contributed by atoms with Crippen molar-refractivity contribution in [2.24, 2.45) is 50.7 Å². The van der Waals surface area contributed by atoms with E-state index < -0.39 is 0 Å². The lowest BCUT2D eigenvalue weighted by atomic mass is 9.32. The number of fused-ring (bicyclic) bond motifs is 7. The minimum atomic E-state index is -0.284. The Hall–Kier alpha value is -1.84. The van der Waals surface area contributed by atoms with E-state index in [4.69, 9.17) is 9.47 Å². The Bertz CT molecular complexity index is 1140. The summed E-state index contributed by atoms with van der Waals surface area (Å²) in [5.41, 5.74) is 1.57. The molecule has 0 spiro atoms. The third kappa shape index (κ3) is 3.89. The topological polar surface area (TPSA) is 52.6 Å². The highest BCUT2D eigenvalue weighted by molar-refractivity contribution is 5.78. The van der Waals surface area contributed by atoms with Crippen molar-refractivity contribution in [2.45, 2.75) is 125 Å². The Kier molecular flexibility index (Phi) is 6.79. The van der Waals surface area contributed by atoms with Crippen LogP contribution in [0.4, 0.5) is 0 Å². The van der Waals surface area contributed by atoms with Crippen LogP contribution >= 0.6 is 0 Å². The van der Waals surface area contributed by atoms with Gasteiger partial charge >= 0.3 is 11.9 Å². The summed E-state index contributed by atoms with van der Waals surface area (Å²) in [6.45, 7) is 14.6. The highest BCUT2D eigenvalue weighted by Crippen LogP contribution is 2.77. The van der Waals surface area contributed by atoms with E-state index in [1.165, 1.54) is 32.1 Å². The summed E-state index contributed by atoms with van der Waals surface area (Å²) in [6, 6.07) is 10.1. The number of hydrogen-bond acceptors (Lipinski definition) is 4. The maximum absolute atomic E-state index is 13.9. The normalized spacial score (nSPS) is 45.3. The van der Waals surface area contributed by atoms with Crippen molar-refractivity contribution < 1.29 is 19.1 Å². The van der Waals surface area contributed by atoms with Crippen LogP contribution in [0.15, 0.2) is 30.3 Å². The van der Waals surface area contributed by atoms with Crippen LogP contribution in [-0.4, -0.2) is 18.0 Å². The van der Waals surface area contributed by atoms with Crippen molar-refractivity contribution in [2.75, 3.05) is 0 Å². The fraction of sp³-hybridized carbons (Fsp3) is 0.778. The highest BCUT2D eigenvalue weighted by atomic mass is 16.5. The van der Waals surface area contributed by atoms with Gasteiger partial charge in [-0.05, 0) is 110 Å². The number of hydrogen-bond donors (Lipinski definition) is 0. The van der Waals surface area contributed by atoms with Gasteiger partial charge in [0.25, 0.3) is 0 Å². The quantitative estimate of drug-likeness (QED) is 0.354. The molecule has 4 heteroatoms. The molecular weight excluding hydrogens is 496 g/mol. The van der Waals surface area contributed by atoms with Crippen LogP contribution < -0.4 is 0 Å². The summed E-state index contributed by atoms with van der Waals surface area (Å²) in [7, 11) is 0. The van der Waals surface area contributed by atoms with E-state index in [0.717, 1.165) is 44.1 Å². The van der Waals surface area contributed by atoms with Gasteiger partial charge in [-0.3, -0.25) is 9.59 Å². The van der Waals surface area contributed by atoms with Gasteiger partial charge < -0.3 is 9.47 Å². The number of carbonyl (C=O) groups excluding carboxylic acids is 2. The molecule has 1 aromatic carbocycles. The predicted octanol–water partition coefficient (Wildman–Crippen LogP) is 8.52. The SMILES string of the molecule is CC(=O)O[C@H]1CC[C@]2(C)[C@H]3CC[C@@H]4[C@H]5CCC[C@]5(C(=O)OCc5ccccc5)CC[C@@]4(C)[C@]3(C)CC[C@H]2C1(C)C. The van der Waals surface area contributed by atoms with Crippen LogP contribution in [0, 0.1) is 50.7 Å². The second-order valence-corrected chi connectivity index (χ2v) is 15.8. The standard InChI is InChI=1S/C36H52O4/c1-24(37)40-30-17-19-33(4)28(32(30,2)3)16-20-35(6)29(33)15-14-26-27-13-10-18-36(27,22-21-34(26,35)5)31(38)39-23-25-11-8-7-9-12-25/h7-9,11-12,26-30H,10,13-23H2,1-6H3/t26-,27-,28+,29-,30+,33+,34-,35-,36+/m1/s1. The van der Waals surface area contributed by atoms with Crippen LogP contribution in [0.25, 0.3) is 0 Å². The van der Waals surface area contributed by atoms with E-state index in [2.05, 4.69) is 46.8 Å². The van der Waals surface area contributed by atoms with Gasteiger partial charge in [-0.15, -0.1) is 0 Å². The zero-order chi connectivity index (χ0) is 28.6. The van der Waals surface area contributed by atoms with Gasteiger partial charge in [0.1, 0.15) is 12.7 Å². The van der Waals surface area contributed by atoms with E-state index in [9.17, 15) is 9.59 Å². The molecule has 5 aliphatic rings. The fourth-order valence-corrected chi connectivity index (χ4v) is 12.2. The average molecular weight is 549 g/mol. The van der Waals surface area contributed by atoms with Gasteiger partial charge in [-0.1, -0.05) is 71.4 Å². The molecule has 0 N–H and O–H groups in total. The monoisotopic (exact) mass is 548 g/mol. The lowest BCUT2D eigenvalue weighted by Crippen LogP contribution is -2.66. The lowest BCUT2D eigenvalue weighted by Gasteiger charge is -2.72. The van der Waals surface area contributed by atoms with Crippen molar-refractivity contribution in [1.82, 2.24) is 0 Å². The van der Waals surface area contributed by atoms with Crippen LogP contribution in [0.3, 0.4) is 0 Å². The van der Waals surface area contributed by atoms with Gasteiger partial charge in [0.15, 0.2) is 0 Å². The molecule has 5 fully saturated rings. The Morgan fingerprint density at radius 1 is 0.775 bits per heavy atom. The Morgan fingerprint density at radius 3 is 2.25 bits per heavy atom. The minimum absolute atomic E-state index is 0.00651. The number of benzene rings is 1. The van der Waals surface area contributed by atoms with E-state index in [0.29, 0.717) is 30.3 Å². The maximum Gasteiger partial charge on any atom is 0.312 e. The smallest absolute Gasteiger partial charge is 0.312 e. The summed E-state index contributed by atoms with van der Waals surface area (Å²) < 4.78 is 12.0. The maximum atomic E-state index is 13.9. The number of esters is 2. The average Bonchev–Trinajstić information content (AvgIpc) is 3.35. The third-order valence-corrected chi connectivity index (χ3v) is 14.2. The number of rotatable bonds is 4. The zero-order valence-electron chi connectivity index (χ0n) is 25.9. The first-order chi connectivity index (χ1) is 18.9. The molecule has 0 bridgehead atoms. The predicted molar refractivity (Wildman–Crippen MR) is 157 cm³/mol. The molecule has 0 heterocycles. The first kappa shape index (κ1) is 28.3. The molecule has 0 radical (unpaired) electrons. The Labute approximate surface area is 242 Å². The Morgan fingerprint density at radius 2 is 1.52 bits per heavy atom. The molecule has 40 heavy (non-hydrogen) atoms. The lowest BCUT2D eigenvalue weighted by molar-refractivity contribution is -0.249. The third-order valence-electron chi connectivity index (χ3n) is 14.2. The second kappa shape index (κ2) is 9.60. The minimum Gasteiger partial charge on any atom is -0.462 e. The van der Waals surface area contributed by atoms with Crippen LogP contribution in [-0.2, 0) is 25.7 Å². The fourth-order valence-electron chi connectivity index (χ4n) is 12.2. The second-order valence-electron chi connectivity index (χ2n) is 15.8. The summed E-state index contributed by atoms with van der Waals surface area (Å²) in [5.74, 6) is 2.23. The molecule has 0 aliphatic heterocycles. The van der Waals surface area contributed by atoms with E-state index >= 15 is 0 Å². The molecule has 220 valence electrons. The largest absolute Gasteiger partial charge is 0.462 e. The highest BCUT2D eigenvalue weighted by Gasteiger charge is 2.71. The zero-order valence-corrected chi connectivity index (χ0v) is 25.9. The molecule has 0 aromatic heterocycles. The summed E-state index contributed by atoms with van der Waals surface area (Å²) in [4.78, 5) is 25.8. The molecule has 1 aromatic rings. The molecule has 9 atom stereocenters. The van der Waals surface area contributed by atoms with E-state index in [1.54, 1.807) is 6.92 Å². The van der Waals surface area contributed by atoms with Crippen molar-refractivity contribution in [3.8, 4) is 0 Å². The van der Waals surface area contributed by atoms with E-state index in [-0.39, 0.29) is 45.1 Å². The van der Waals surface area contributed by atoms with Gasteiger partial charge in [0.2, 0.25) is 0 Å². The van der Waals surface area contributed by atoms with Gasteiger partial charge in [0, 0.05) is 12.3 Å². The van der Waals surface area contributed by atoms with Gasteiger partial charge in [0.05, 0.1) is 5.41 Å². The van der Waals surface area contributed by atoms with Crippen LogP contribution in [0.2, 0.25) is 0 Å². The molecule has 0 saturated heterocycles. The summed E-state index contributed by atoms with van der Waals surface area (Å²) in [6.07, 6.45) is 12.6. The summed E-state index contributed by atoms with van der Waals surface area (Å²) >= 11 is 0. The van der Waals surface area contributed by atoms with Crippen molar-refractivity contribution in [3.63, 3.8) is 0 Å². The van der Waals surface area contributed by atoms with Gasteiger partial charge in [-0.2, -0.15) is 0 Å². The molecule has 4 nitrogen and oxygen atoms in total.